The minimum absolute atomic E-state index is 0.0784. The van der Waals surface area contributed by atoms with Crippen LogP contribution in [0, 0.1) is 28.6 Å². The molecule has 1 heterocycles. The van der Waals surface area contributed by atoms with Gasteiger partial charge in [0.05, 0.1) is 6.42 Å². The number of nitrogens with one attached hydrogen (secondary N) is 4. The Morgan fingerprint density at radius 3 is 1.90 bits per heavy atom. The molecule has 2 unspecified atom stereocenters. The SMILES string of the molecule is CC(C)[C@H](NC(=O)N[C@H](C(=O)N1CC2C([C@H]1C(=O)N[C@@H](CC(F)F)C(=O)NCCC(=O)OC(C)(C)C)C2(C)C)C(C)(C)C)C(=O)OC(C)(C)C. The summed E-state index contributed by atoms with van der Waals surface area (Å²) >= 11 is 0. The van der Waals surface area contributed by atoms with E-state index in [1.807, 2.05) is 13.8 Å². The predicted molar refractivity (Wildman–Crippen MR) is 182 cm³/mol. The lowest BCUT2D eigenvalue weighted by atomic mass is 9.85. The number of amides is 5. The zero-order chi connectivity index (χ0) is 38.7. The fraction of sp³-hybridized carbons (Fsp3) is 0.829. The fourth-order valence-corrected chi connectivity index (χ4v) is 6.28. The Morgan fingerprint density at radius 1 is 0.860 bits per heavy atom. The Bertz CT molecular complexity index is 1280. The molecule has 1 saturated heterocycles. The number of urea groups is 1. The van der Waals surface area contributed by atoms with E-state index < -0.39 is 89.3 Å². The lowest BCUT2D eigenvalue weighted by molar-refractivity contribution is -0.158. The van der Waals surface area contributed by atoms with E-state index in [9.17, 15) is 37.5 Å². The maximum absolute atomic E-state index is 14.2. The minimum Gasteiger partial charge on any atom is -0.460 e. The molecule has 0 bridgehead atoms. The molecule has 5 amide bonds. The zero-order valence-corrected chi connectivity index (χ0v) is 31.9. The third kappa shape index (κ3) is 11.8. The number of fused-ring (bicyclic) bond motifs is 1. The van der Waals surface area contributed by atoms with Gasteiger partial charge in [0.2, 0.25) is 24.1 Å². The second kappa shape index (κ2) is 15.8. The molecule has 13 nitrogen and oxygen atoms in total. The number of alkyl halides is 2. The number of likely N-dealkylation sites (tertiary alicyclic amines) is 1. The number of esters is 2. The molecule has 1 aliphatic carbocycles. The average Bonchev–Trinajstić information content (AvgIpc) is 3.23. The summed E-state index contributed by atoms with van der Waals surface area (Å²) in [6.07, 6.45) is -4.12. The van der Waals surface area contributed by atoms with Gasteiger partial charge < -0.3 is 35.6 Å². The molecule has 2 fully saturated rings. The quantitative estimate of drug-likeness (QED) is 0.210. The first-order valence-electron chi connectivity index (χ1n) is 17.2. The van der Waals surface area contributed by atoms with Gasteiger partial charge in [-0.05, 0) is 70.1 Å². The van der Waals surface area contributed by atoms with Gasteiger partial charge in [0.15, 0.2) is 0 Å². The van der Waals surface area contributed by atoms with Gasteiger partial charge in [0.1, 0.15) is 35.4 Å². The number of hydrogen-bond donors (Lipinski definition) is 4. The highest BCUT2D eigenvalue weighted by molar-refractivity contribution is 5.96. The van der Waals surface area contributed by atoms with Crippen LogP contribution in [0.3, 0.4) is 0 Å². The van der Waals surface area contributed by atoms with Crippen molar-refractivity contribution in [3.05, 3.63) is 0 Å². The highest BCUT2D eigenvalue weighted by Crippen LogP contribution is 2.65. The van der Waals surface area contributed by atoms with Crippen molar-refractivity contribution in [2.45, 2.75) is 145 Å². The molecular weight excluding hydrogens is 656 g/mol. The summed E-state index contributed by atoms with van der Waals surface area (Å²) in [5, 5.41) is 10.2. The normalized spacial score (nSPS) is 21.8. The third-order valence-corrected chi connectivity index (χ3v) is 8.86. The summed E-state index contributed by atoms with van der Waals surface area (Å²) < 4.78 is 37.9. The number of carbonyl (C=O) groups is 6. The van der Waals surface area contributed by atoms with Gasteiger partial charge in [-0.1, -0.05) is 48.5 Å². The molecule has 1 aliphatic heterocycles. The molecule has 286 valence electrons. The first kappa shape index (κ1) is 42.6. The van der Waals surface area contributed by atoms with Gasteiger partial charge in [-0.15, -0.1) is 0 Å². The van der Waals surface area contributed by atoms with Gasteiger partial charge in [0.25, 0.3) is 0 Å². The molecule has 1 saturated carbocycles. The predicted octanol–water partition coefficient (Wildman–Crippen LogP) is 3.54. The standard InChI is InChI=1S/C35H59F2N5O8/c1-18(2)24(30(47)50-34(9,10)11)40-31(48)41-26(32(3,4)5)29(46)42-17-19-23(35(19,12)13)25(42)28(45)39-20(16-21(36)37)27(44)38-15-14-22(43)49-33(6,7)8/h18-21,23-26H,14-17H2,1-13H3,(H,38,44)(H,39,45)(H2,40,41,48)/t19?,20-,23?,24-,25-,26+/m0/s1. The first-order valence-corrected chi connectivity index (χ1v) is 17.2. The molecule has 6 atom stereocenters. The maximum Gasteiger partial charge on any atom is 0.329 e. The summed E-state index contributed by atoms with van der Waals surface area (Å²) in [7, 11) is 0. The van der Waals surface area contributed by atoms with Crippen LogP contribution in [0.25, 0.3) is 0 Å². The number of rotatable bonds is 13. The van der Waals surface area contributed by atoms with Crippen LogP contribution in [-0.2, 0) is 33.4 Å². The number of carbonyl (C=O) groups excluding carboxylic acids is 6. The largest absolute Gasteiger partial charge is 0.460 e. The number of nitrogens with zero attached hydrogens (tertiary/aromatic N) is 1. The van der Waals surface area contributed by atoms with Crippen molar-refractivity contribution < 1.29 is 47.0 Å². The van der Waals surface area contributed by atoms with E-state index >= 15 is 0 Å². The molecule has 2 rings (SSSR count). The van der Waals surface area contributed by atoms with E-state index in [1.54, 1.807) is 76.2 Å². The third-order valence-electron chi connectivity index (χ3n) is 8.86. The molecule has 0 spiro atoms. The molecule has 0 aromatic heterocycles. The summed E-state index contributed by atoms with van der Waals surface area (Å²) in [5.74, 6) is -4.20. The van der Waals surface area contributed by atoms with Crippen LogP contribution in [0.2, 0.25) is 0 Å². The second-order valence-electron chi connectivity index (χ2n) is 17.4. The zero-order valence-electron chi connectivity index (χ0n) is 31.9. The molecule has 0 aromatic rings. The van der Waals surface area contributed by atoms with E-state index in [-0.39, 0.29) is 42.7 Å². The average molecular weight is 716 g/mol. The van der Waals surface area contributed by atoms with Gasteiger partial charge in [0, 0.05) is 19.5 Å². The van der Waals surface area contributed by atoms with Crippen molar-refractivity contribution in [1.29, 1.82) is 0 Å². The van der Waals surface area contributed by atoms with Crippen LogP contribution < -0.4 is 21.3 Å². The smallest absolute Gasteiger partial charge is 0.329 e. The van der Waals surface area contributed by atoms with Crippen molar-refractivity contribution in [2.24, 2.45) is 28.6 Å². The van der Waals surface area contributed by atoms with E-state index in [1.165, 1.54) is 4.90 Å². The Labute approximate surface area is 295 Å². The molecule has 2 aliphatic rings. The van der Waals surface area contributed by atoms with Crippen LogP contribution in [-0.4, -0.2) is 95.5 Å². The van der Waals surface area contributed by atoms with Crippen molar-refractivity contribution in [2.75, 3.05) is 13.1 Å². The summed E-state index contributed by atoms with van der Waals surface area (Å²) in [6, 6.07) is -5.68. The molecule has 50 heavy (non-hydrogen) atoms. The van der Waals surface area contributed by atoms with Crippen LogP contribution in [0.4, 0.5) is 13.6 Å². The Kier molecular flexibility index (Phi) is 13.5. The van der Waals surface area contributed by atoms with Gasteiger partial charge in [-0.3, -0.25) is 19.2 Å². The van der Waals surface area contributed by atoms with Gasteiger partial charge in [-0.2, -0.15) is 0 Å². The first-order chi connectivity index (χ1) is 22.6. The minimum atomic E-state index is -2.94. The second-order valence-corrected chi connectivity index (χ2v) is 17.4. The molecule has 15 heteroatoms. The van der Waals surface area contributed by atoms with Crippen molar-refractivity contribution >= 4 is 35.7 Å². The number of piperidine rings is 1. The number of ether oxygens (including phenoxy) is 2. The van der Waals surface area contributed by atoms with Crippen LogP contribution in [0.5, 0.6) is 0 Å². The van der Waals surface area contributed by atoms with Crippen LogP contribution in [0.15, 0.2) is 0 Å². The van der Waals surface area contributed by atoms with Crippen LogP contribution in [0.1, 0.15) is 103 Å². The molecular formula is C35H59F2N5O8. The fourth-order valence-electron chi connectivity index (χ4n) is 6.28. The summed E-state index contributed by atoms with van der Waals surface area (Å²) in [6.45, 7) is 22.7. The van der Waals surface area contributed by atoms with Crippen molar-refractivity contribution in [3.63, 3.8) is 0 Å². The van der Waals surface area contributed by atoms with E-state index in [0.717, 1.165) is 0 Å². The van der Waals surface area contributed by atoms with E-state index in [0.29, 0.717) is 0 Å². The highest BCUT2D eigenvalue weighted by Gasteiger charge is 2.70. The van der Waals surface area contributed by atoms with E-state index in [2.05, 4.69) is 21.3 Å². The lowest BCUT2D eigenvalue weighted by Gasteiger charge is -2.38. The van der Waals surface area contributed by atoms with Crippen molar-refractivity contribution in [3.8, 4) is 0 Å². The summed E-state index contributed by atoms with van der Waals surface area (Å²) in [5.41, 5.74) is -2.73. The van der Waals surface area contributed by atoms with Crippen molar-refractivity contribution in [1.82, 2.24) is 26.2 Å². The molecule has 4 N–H and O–H groups in total. The van der Waals surface area contributed by atoms with Gasteiger partial charge >= 0.3 is 18.0 Å². The number of hydrogen-bond acceptors (Lipinski definition) is 8. The van der Waals surface area contributed by atoms with E-state index in [4.69, 9.17) is 9.47 Å². The highest BCUT2D eigenvalue weighted by atomic mass is 19.3. The maximum atomic E-state index is 14.2. The Hall–Kier alpha value is -3.52. The molecule has 0 aromatic carbocycles. The lowest BCUT2D eigenvalue weighted by Crippen LogP contribution is -2.62. The monoisotopic (exact) mass is 715 g/mol. The molecule has 0 radical (unpaired) electrons. The number of halogens is 2. The Balaban J connectivity index is 2.26. The topological polar surface area (TPSA) is 172 Å². The summed E-state index contributed by atoms with van der Waals surface area (Å²) in [4.78, 5) is 80.6. The van der Waals surface area contributed by atoms with Gasteiger partial charge in [-0.25, -0.2) is 18.4 Å². The Morgan fingerprint density at radius 2 is 1.42 bits per heavy atom. The van der Waals surface area contributed by atoms with Crippen LogP contribution >= 0.6 is 0 Å².